The van der Waals surface area contributed by atoms with Gasteiger partial charge in [-0.1, -0.05) is 12.2 Å². The minimum atomic E-state index is 0.276. The van der Waals surface area contributed by atoms with Crippen molar-refractivity contribution in [3.05, 3.63) is 17.6 Å². The zero-order valence-corrected chi connectivity index (χ0v) is 11.4. The molecule has 1 aromatic rings. The number of hydrogen-bond donors (Lipinski definition) is 2. The molecule has 0 aliphatic heterocycles. The molecule has 100 valence electrons. The summed E-state index contributed by atoms with van der Waals surface area (Å²) in [6.45, 7) is 4.15. The van der Waals surface area contributed by atoms with Gasteiger partial charge in [-0.15, -0.1) is 0 Å². The lowest BCUT2D eigenvalue weighted by atomic mass is 10.3. The van der Waals surface area contributed by atoms with E-state index in [0.717, 1.165) is 0 Å². The maximum Gasteiger partial charge on any atom is 0.140 e. The van der Waals surface area contributed by atoms with E-state index in [1.807, 2.05) is 6.92 Å². The van der Waals surface area contributed by atoms with E-state index in [1.54, 1.807) is 13.3 Å². The van der Waals surface area contributed by atoms with Crippen LogP contribution in [0.4, 0.5) is 5.82 Å². The summed E-state index contributed by atoms with van der Waals surface area (Å²) in [7, 11) is 1.64. The lowest BCUT2D eigenvalue weighted by molar-refractivity contribution is 0.0759. The van der Waals surface area contributed by atoms with Crippen LogP contribution in [0, 0.1) is 6.92 Å². The SMILES string of the molecule is COCCOCCNc1nc(C)ncc1C(N)=S. The van der Waals surface area contributed by atoms with Crippen molar-refractivity contribution in [2.75, 3.05) is 38.8 Å². The van der Waals surface area contributed by atoms with E-state index in [1.165, 1.54) is 0 Å². The number of nitrogens with zero attached hydrogens (tertiary/aromatic N) is 2. The van der Waals surface area contributed by atoms with Crippen molar-refractivity contribution in [1.29, 1.82) is 0 Å². The molecule has 0 fully saturated rings. The first-order valence-electron chi connectivity index (χ1n) is 5.59. The molecule has 0 unspecified atom stereocenters. The van der Waals surface area contributed by atoms with Crippen LogP contribution in [0.25, 0.3) is 0 Å². The predicted molar refractivity (Wildman–Crippen MR) is 73.8 cm³/mol. The fourth-order valence-electron chi connectivity index (χ4n) is 1.27. The number of rotatable bonds is 8. The van der Waals surface area contributed by atoms with Gasteiger partial charge >= 0.3 is 0 Å². The molecule has 0 aliphatic carbocycles. The molecule has 6 nitrogen and oxygen atoms in total. The normalized spacial score (nSPS) is 10.3. The molecule has 0 saturated heterocycles. The summed E-state index contributed by atoms with van der Waals surface area (Å²) in [6, 6.07) is 0. The smallest absolute Gasteiger partial charge is 0.140 e. The zero-order valence-electron chi connectivity index (χ0n) is 10.6. The van der Waals surface area contributed by atoms with Gasteiger partial charge in [0.15, 0.2) is 0 Å². The van der Waals surface area contributed by atoms with E-state index in [-0.39, 0.29) is 4.99 Å². The number of thiocarbonyl (C=S) groups is 1. The molecule has 0 spiro atoms. The standard InChI is InChI=1S/C11H18N4O2S/c1-8-14-7-9(10(12)18)11(15-8)13-3-4-17-6-5-16-2/h7H,3-6H2,1-2H3,(H2,12,18)(H,13,14,15). The van der Waals surface area contributed by atoms with E-state index in [4.69, 9.17) is 27.4 Å². The van der Waals surface area contributed by atoms with Crippen molar-refractivity contribution in [1.82, 2.24) is 9.97 Å². The molecule has 3 N–H and O–H groups in total. The van der Waals surface area contributed by atoms with Crippen molar-refractivity contribution in [2.24, 2.45) is 5.73 Å². The Morgan fingerprint density at radius 2 is 2.22 bits per heavy atom. The number of aromatic nitrogens is 2. The van der Waals surface area contributed by atoms with Gasteiger partial charge in [-0.2, -0.15) is 0 Å². The Bertz CT molecular complexity index is 401. The lowest BCUT2D eigenvalue weighted by Crippen LogP contribution is -2.18. The summed E-state index contributed by atoms with van der Waals surface area (Å²) in [5.74, 6) is 1.31. The van der Waals surface area contributed by atoms with Gasteiger partial charge in [0.05, 0.1) is 25.4 Å². The summed E-state index contributed by atoms with van der Waals surface area (Å²) in [6.07, 6.45) is 1.62. The van der Waals surface area contributed by atoms with E-state index >= 15 is 0 Å². The molecular formula is C11H18N4O2S. The number of methoxy groups -OCH3 is 1. The summed E-state index contributed by atoms with van der Waals surface area (Å²) >= 11 is 4.94. The highest BCUT2D eigenvalue weighted by Gasteiger charge is 2.07. The van der Waals surface area contributed by atoms with Crippen LogP contribution in [0.2, 0.25) is 0 Å². The molecule has 7 heteroatoms. The molecule has 18 heavy (non-hydrogen) atoms. The highest BCUT2D eigenvalue weighted by Crippen LogP contribution is 2.10. The highest BCUT2D eigenvalue weighted by atomic mass is 32.1. The summed E-state index contributed by atoms with van der Waals surface area (Å²) in [4.78, 5) is 8.60. The quantitative estimate of drug-likeness (QED) is 0.525. The Morgan fingerprint density at radius 3 is 2.89 bits per heavy atom. The summed E-state index contributed by atoms with van der Waals surface area (Å²) < 4.78 is 10.2. The van der Waals surface area contributed by atoms with Crippen LogP contribution in [0.5, 0.6) is 0 Å². The molecule has 1 heterocycles. The minimum Gasteiger partial charge on any atom is -0.389 e. The molecule has 0 saturated carbocycles. The number of ether oxygens (including phenoxy) is 2. The highest BCUT2D eigenvalue weighted by molar-refractivity contribution is 7.80. The van der Waals surface area contributed by atoms with Crippen LogP contribution >= 0.6 is 12.2 Å². The van der Waals surface area contributed by atoms with E-state index in [9.17, 15) is 0 Å². The number of aryl methyl sites for hydroxylation is 1. The first-order valence-corrected chi connectivity index (χ1v) is 6.00. The van der Waals surface area contributed by atoms with Crippen molar-refractivity contribution in [3.8, 4) is 0 Å². The Hall–Kier alpha value is -1.31. The second-order valence-corrected chi connectivity index (χ2v) is 4.02. The van der Waals surface area contributed by atoms with Crippen LogP contribution in [0.15, 0.2) is 6.20 Å². The van der Waals surface area contributed by atoms with Gasteiger partial charge in [0.25, 0.3) is 0 Å². The maximum absolute atomic E-state index is 5.60. The number of nitrogens with two attached hydrogens (primary N) is 1. The molecule has 0 bridgehead atoms. The molecule has 0 aliphatic rings. The topological polar surface area (TPSA) is 82.3 Å². The third kappa shape index (κ3) is 4.91. The van der Waals surface area contributed by atoms with Crippen molar-refractivity contribution in [3.63, 3.8) is 0 Å². The fraction of sp³-hybridized carbons (Fsp3) is 0.545. The van der Waals surface area contributed by atoms with Crippen LogP contribution in [0.3, 0.4) is 0 Å². The second-order valence-electron chi connectivity index (χ2n) is 3.58. The Kier molecular flexibility index (Phi) is 6.48. The van der Waals surface area contributed by atoms with Gasteiger partial charge in [-0.25, -0.2) is 9.97 Å². The number of hydrogen-bond acceptors (Lipinski definition) is 6. The molecular weight excluding hydrogens is 252 g/mol. The summed E-state index contributed by atoms with van der Waals surface area (Å²) in [5, 5.41) is 3.13. The van der Waals surface area contributed by atoms with Crippen molar-refractivity contribution < 1.29 is 9.47 Å². The van der Waals surface area contributed by atoms with Gasteiger partial charge in [0.2, 0.25) is 0 Å². The average molecular weight is 270 g/mol. The molecule has 1 aromatic heterocycles. The predicted octanol–water partition coefficient (Wildman–Crippen LogP) is 0.494. The molecule has 1 rings (SSSR count). The third-order valence-electron chi connectivity index (χ3n) is 2.15. The Morgan fingerprint density at radius 1 is 1.44 bits per heavy atom. The summed E-state index contributed by atoms with van der Waals surface area (Å²) in [5.41, 5.74) is 6.24. The van der Waals surface area contributed by atoms with Gasteiger partial charge in [-0.3, -0.25) is 0 Å². The second kappa shape index (κ2) is 7.91. The third-order valence-corrected chi connectivity index (χ3v) is 2.37. The average Bonchev–Trinajstić information content (AvgIpc) is 2.33. The Balaban J connectivity index is 2.45. The molecule has 0 aromatic carbocycles. The number of anilines is 1. The van der Waals surface area contributed by atoms with Gasteiger partial charge < -0.3 is 20.5 Å². The van der Waals surface area contributed by atoms with Gasteiger partial charge in [-0.05, 0) is 6.92 Å². The van der Waals surface area contributed by atoms with Crippen LogP contribution in [0.1, 0.15) is 11.4 Å². The van der Waals surface area contributed by atoms with Crippen LogP contribution in [-0.4, -0.2) is 48.4 Å². The molecule has 0 radical (unpaired) electrons. The van der Waals surface area contributed by atoms with Gasteiger partial charge in [0, 0.05) is 19.9 Å². The van der Waals surface area contributed by atoms with Crippen molar-refractivity contribution in [2.45, 2.75) is 6.92 Å². The minimum absolute atomic E-state index is 0.276. The van der Waals surface area contributed by atoms with Gasteiger partial charge in [0.1, 0.15) is 16.6 Å². The van der Waals surface area contributed by atoms with E-state index in [0.29, 0.717) is 43.6 Å². The van der Waals surface area contributed by atoms with E-state index in [2.05, 4.69) is 15.3 Å². The molecule has 0 amide bonds. The van der Waals surface area contributed by atoms with Crippen LogP contribution in [-0.2, 0) is 9.47 Å². The van der Waals surface area contributed by atoms with Crippen LogP contribution < -0.4 is 11.1 Å². The fourth-order valence-corrected chi connectivity index (χ4v) is 1.42. The number of nitrogens with one attached hydrogen (secondary N) is 1. The zero-order chi connectivity index (χ0) is 13.4. The lowest BCUT2D eigenvalue weighted by Gasteiger charge is -2.10. The van der Waals surface area contributed by atoms with Crippen molar-refractivity contribution >= 4 is 23.0 Å². The first-order chi connectivity index (χ1) is 8.65. The van der Waals surface area contributed by atoms with E-state index < -0.39 is 0 Å². The maximum atomic E-state index is 5.60. The Labute approximate surface area is 112 Å². The molecule has 0 atom stereocenters. The monoisotopic (exact) mass is 270 g/mol. The largest absolute Gasteiger partial charge is 0.389 e. The first kappa shape index (κ1) is 14.7.